The summed E-state index contributed by atoms with van der Waals surface area (Å²) < 4.78 is 0. The van der Waals surface area contributed by atoms with Crippen LogP contribution < -0.4 is 0 Å². The molecule has 0 heteroatoms. The summed E-state index contributed by atoms with van der Waals surface area (Å²) in [6.07, 6.45) is 3.93. The van der Waals surface area contributed by atoms with E-state index in [1.807, 2.05) is 6.08 Å². The predicted molar refractivity (Wildman–Crippen MR) is 107 cm³/mol. The number of hydrogen-bond donors (Lipinski definition) is 0. The number of rotatable bonds is 3. The quantitative estimate of drug-likeness (QED) is 0.542. The van der Waals surface area contributed by atoms with E-state index in [0.29, 0.717) is 0 Å². The zero-order chi connectivity index (χ0) is 17.3. The van der Waals surface area contributed by atoms with Crippen molar-refractivity contribution in [2.45, 2.75) is 5.41 Å². The fourth-order valence-electron chi connectivity index (χ4n) is 4.08. The molecule has 0 radical (unpaired) electrons. The molecular weight excluding hydrogens is 300 g/mol. The lowest BCUT2D eigenvalue weighted by Crippen LogP contribution is -2.28. The minimum absolute atomic E-state index is 0.367. The monoisotopic (exact) mass is 320 g/mol. The Morgan fingerprint density at radius 1 is 0.680 bits per heavy atom. The smallest absolute Gasteiger partial charge is 0.0707 e. The molecule has 4 rings (SSSR count). The zero-order valence-corrected chi connectivity index (χ0v) is 14.2. The van der Waals surface area contributed by atoms with Gasteiger partial charge in [0.15, 0.2) is 0 Å². The van der Waals surface area contributed by atoms with Crippen LogP contribution in [0.1, 0.15) is 22.3 Å². The molecule has 0 saturated heterocycles. The predicted octanol–water partition coefficient (Wildman–Crippen LogP) is 6.16. The van der Waals surface area contributed by atoms with Crippen LogP contribution >= 0.6 is 0 Å². The molecule has 0 fully saturated rings. The lowest BCUT2D eigenvalue weighted by Gasteiger charge is -2.33. The van der Waals surface area contributed by atoms with Gasteiger partial charge in [0.2, 0.25) is 0 Å². The maximum absolute atomic E-state index is 4.56. The first kappa shape index (κ1) is 15.4. The van der Waals surface area contributed by atoms with Crippen molar-refractivity contribution in [1.82, 2.24) is 0 Å². The molecule has 120 valence electrons. The van der Waals surface area contributed by atoms with Crippen molar-refractivity contribution in [3.63, 3.8) is 0 Å². The van der Waals surface area contributed by atoms with Crippen molar-refractivity contribution in [1.29, 1.82) is 0 Å². The van der Waals surface area contributed by atoms with Gasteiger partial charge in [0.1, 0.15) is 0 Å². The van der Waals surface area contributed by atoms with E-state index in [1.165, 1.54) is 27.8 Å². The van der Waals surface area contributed by atoms with E-state index in [-0.39, 0.29) is 5.41 Å². The molecule has 0 spiro atoms. The van der Waals surface area contributed by atoms with E-state index in [1.54, 1.807) is 0 Å². The Morgan fingerprint density at radius 2 is 1.20 bits per heavy atom. The van der Waals surface area contributed by atoms with Gasteiger partial charge in [-0.05, 0) is 33.4 Å². The van der Waals surface area contributed by atoms with Gasteiger partial charge in [-0.3, -0.25) is 0 Å². The minimum Gasteiger partial charge on any atom is -0.0990 e. The first-order chi connectivity index (χ1) is 12.3. The molecule has 0 unspecified atom stereocenters. The Bertz CT molecular complexity index is 920. The van der Waals surface area contributed by atoms with E-state index in [0.717, 1.165) is 5.57 Å². The molecule has 0 atom stereocenters. The third kappa shape index (κ3) is 2.15. The molecule has 1 aliphatic rings. The molecule has 0 aliphatic heterocycles. The molecule has 0 aromatic heterocycles. The summed E-state index contributed by atoms with van der Waals surface area (Å²) in [5.74, 6) is 0. The normalized spacial score (nSPS) is 16.6. The molecule has 0 bridgehead atoms. The molecule has 3 aromatic carbocycles. The van der Waals surface area contributed by atoms with Gasteiger partial charge in [-0.2, -0.15) is 0 Å². The number of fused-ring (bicyclic) bond motifs is 1. The largest absolute Gasteiger partial charge is 0.0990 e. The lowest BCUT2D eigenvalue weighted by atomic mass is 9.68. The van der Waals surface area contributed by atoms with E-state index in [9.17, 15) is 0 Å². The summed E-state index contributed by atoms with van der Waals surface area (Å²) in [6, 6.07) is 30.0. The van der Waals surface area contributed by atoms with Crippen molar-refractivity contribution in [3.8, 4) is 0 Å². The van der Waals surface area contributed by atoms with Gasteiger partial charge in [-0.1, -0.05) is 110 Å². The highest BCUT2D eigenvalue weighted by Crippen LogP contribution is 2.56. The highest BCUT2D eigenvalue weighted by Gasteiger charge is 2.46. The summed E-state index contributed by atoms with van der Waals surface area (Å²) >= 11 is 0. The Morgan fingerprint density at radius 3 is 1.76 bits per heavy atom. The van der Waals surface area contributed by atoms with Gasteiger partial charge in [0.05, 0.1) is 5.41 Å². The second kappa shape index (κ2) is 6.07. The average molecular weight is 320 g/mol. The molecule has 25 heavy (non-hydrogen) atoms. The van der Waals surface area contributed by atoms with Gasteiger partial charge in [0.25, 0.3) is 0 Å². The minimum atomic E-state index is -0.367. The van der Waals surface area contributed by atoms with Crippen LogP contribution in [0.25, 0.3) is 5.57 Å². The summed E-state index contributed by atoms with van der Waals surface area (Å²) in [5, 5.41) is 0. The summed E-state index contributed by atoms with van der Waals surface area (Å²) in [6.45, 7) is 8.47. The zero-order valence-electron chi connectivity index (χ0n) is 14.2. The molecule has 0 saturated carbocycles. The fourth-order valence-corrected chi connectivity index (χ4v) is 4.08. The van der Waals surface area contributed by atoms with E-state index < -0.39 is 0 Å². The van der Waals surface area contributed by atoms with Crippen LogP contribution in [0.15, 0.2) is 116 Å². The van der Waals surface area contributed by atoms with Crippen molar-refractivity contribution < 1.29 is 0 Å². The highest BCUT2D eigenvalue weighted by atomic mass is 14.5. The van der Waals surface area contributed by atoms with Crippen molar-refractivity contribution in [2.24, 2.45) is 0 Å². The topological polar surface area (TPSA) is 0 Å². The van der Waals surface area contributed by atoms with Crippen LogP contribution in [0, 0.1) is 0 Å². The van der Waals surface area contributed by atoms with Crippen LogP contribution in [-0.4, -0.2) is 0 Å². The molecule has 0 amide bonds. The van der Waals surface area contributed by atoms with Gasteiger partial charge >= 0.3 is 0 Å². The molecule has 3 aromatic rings. The Hall–Kier alpha value is -3.12. The van der Waals surface area contributed by atoms with Crippen molar-refractivity contribution in [3.05, 3.63) is 138 Å². The average Bonchev–Trinajstić information content (AvgIpc) is 2.93. The Kier molecular flexibility index (Phi) is 3.74. The van der Waals surface area contributed by atoms with Crippen molar-refractivity contribution >= 4 is 5.57 Å². The van der Waals surface area contributed by atoms with Gasteiger partial charge in [0, 0.05) is 0 Å². The standard InChI is InChI=1S/C25H20/c1-3-12-22-19(2)25(20-13-6-4-7-14-20,21-15-8-5-9-16-21)24-18-11-10-17-23(22)24/h3-18H,1-2H2/b22-12+. The van der Waals surface area contributed by atoms with E-state index >= 15 is 0 Å². The van der Waals surface area contributed by atoms with E-state index in [2.05, 4.69) is 104 Å². The Labute approximate surface area is 149 Å². The SMILES string of the molecule is C=C/C=C1\C(=C)C(c2ccccc2)(c2ccccc2)c2ccccc21. The van der Waals surface area contributed by atoms with Crippen LogP contribution in [0.2, 0.25) is 0 Å². The lowest BCUT2D eigenvalue weighted by molar-refractivity contribution is 0.772. The maximum atomic E-state index is 4.56. The first-order valence-corrected chi connectivity index (χ1v) is 8.53. The molecule has 0 N–H and O–H groups in total. The third-order valence-corrected chi connectivity index (χ3v) is 5.10. The number of hydrogen-bond acceptors (Lipinski definition) is 0. The number of benzene rings is 3. The second-order valence-corrected chi connectivity index (χ2v) is 6.32. The van der Waals surface area contributed by atoms with Crippen LogP contribution in [0.5, 0.6) is 0 Å². The fraction of sp³-hybridized carbons (Fsp3) is 0.0400. The second-order valence-electron chi connectivity index (χ2n) is 6.32. The van der Waals surface area contributed by atoms with Crippen molar-refractivity contribution in [2.75, 3.05) is 0 Å². The van der Waals surface area contributed by atoms with Crippen LogP contribution in [0.3, 0.4) is 0 Å². The third-order valence-electron chi connectivity index (χ3n) is 5.10. The van der Waals surface area contributed by atoms with Gasteiger partial charge < -0.3 is 0 Å². The van der Waals surface area contributed by atoms with E-state index in [4.69, 9.17) is 0 Å². The first-order valence-electron chi connectivity index (χ1n) is 8.53. The van der Waals surface area contributed by atoms with Crippen LogP contribution in [0.4, 0.5) is 0 Å². The van der Waals surface area contributed by atoms with Gasteiger partial charge in [-0.25, -0.2) is 0 Å². The summed E-state index contributed by atoms with van der Waals surface area (Å²) in [7, 11) is 0. The maximum Gasteiger partial charge on any atom is 0.0707 e. The highest BCUT2D eigenvalue weighted by molar-refractivity contribution is 5.94. The van der Waals surface area contributed by atoms with Gasteiger partial charge in [-0.15, -0.1) is 0 Å². The molecule has 0 heterocycles. The molecule has 1 aliphatic carbocycles. The molecular formula is C25H20. The number of allylic oxidation sites excluding steroid dienone is 4. The Balaban J connectivity index is 2.14. The van der Waals surface area contributed by atoms with Crippen LogP contribution in [-0.2, 0) is 5.41 Å². The summed E-state index contributed by atoms with van der Waals surface area (Å²) in [4.78, 5) is 0. The summed E-state index contributed by atoms with van der Waals surface area (Å²) in [5.41, 5.74) is 6.90. The molecule has 0 nitrogen and oxygen atoms in total.